The molecule has 0 saturated heterocycles. The van der Waals surface area contributed by atoms with Crippen LogP contribution in [0.5, 0.6) is 11.5 Å². The van der Waals surface area contributed by atoms with Crippen LogP contribution in [0, 0.1) is 24.0 Å². The van der Waals surface area contributed by atoms with Crippen LogP contribution in [0.3, 0.4) is 0 Å². The predicted octanol–water partition coefficient (Wildman–Crippen LogP) is 7.50. The third-order valence-corrected chi connectivity index (χ3v) is 7.92. The fourth-order valence-electron chi connectivity index (χ4n) is 3.87. The summed E-state index contributed by atoms with van der Waals surface area (Å²) in [6.45, 7) is 6.22. The Morgan fingerprint density at radius 1 is 1.05 bits per heavy atom. The Hall–Kier alpha value is -2.89. The fourth-order valence-corrected chi connectivity index (χ4v) is 5.86. The molecule has 4 aromatic rings. The summed E-state index contributed by atoms with van der Waals surface area (Å²) in [4.78, 5) is 11.4. The Morgan fingerprint density at radius 3 is 2.50 bits per heavy atom. The first-order chi connectivity index (χ1) is 18.2. The highest BCUT2D eigenvalue weighted by Crippen LogP contribution is 2.43. The van der Waals surface area contributed by atoms with E-state index in [1.165, 1.54) is 11.8 Å². The predicted molar refractivity (Wildman–Crippen MR) is 155 cm³/mol. The molecule has 11 heteroatoms. The average molecular weight is 662 g/mol. The molecule has 4 rings (SSSR count). The van der Waals surface area contributed by atoms with Crippen molar-refractivity contribution in [1.82, 2.24) is 14.8 Å². The van der Waals surface area contributed by atoms with Crippen molar-refractivity contribution in [2.45, 2.75) is 37.8 Å². The zero-order chi connectivity index (χ0) is 27.2. The lowest BCUT2D eigenvalue weighted by Crippen LogP contribution is -2.12. The number of benzene rings is 3. The van der Waals surface area contributed by atoms with Crippen molar-refractivity contribution in [2.75, 3.05) is 13.2 Å². The molecule has 0 bridgehead atoms. The maximum atomic E-state index is 11.7. The van der Waals surface area contributed by atoms with Crippen molar-refractivity contribution in [3.63, 3.8) is 0 Å². The molecule has 198 valence electrons. The van der Waals surface area contributed by atoms with Crippen LogP contribution >= 0.6 is 43.6 Å². The molecule has 1 atom stereocenters. The number of ether oxygens (including phenoxy) is 2. The number of nitro groups is 1. The van der Waals surface area contributed by atoms with Gasteiger partial charge in [0.25, 0.3) is 0 Å². The van der Waals surface area contributed by atoms with Crippen molar-refractivity contribution in [3.8, 4) is 17.2 Å². The molecule has 3 aromatic carbocycles. The van der Waals surface area contributed by atoms with Crippen LogP contribution in [0.1, 0.15) is 34.7 Å². The van der Waals surface area contributed by atoms with Gasteiger partial charge >= 0.3 is 0 Å². The summed E-state index contributed by atoms with van der Waals surface area (Å²) in [6, 6.07) is 19.5. The minimum atomic E-state index is -0.548. The molecule has 0 N–H and O–H groups in total. The van der Waals surface area contributed by atoms with Gasteiger partial charge in [0.15, 0.2) is 16.7 Å². The third-order valence-electron chi connectivity index (χ3n) is 5.62. The fraction of sp³-hybridized carbons (Fsp3) is 0.259. The largest absolute Gasteiger partial charge is 0.490 e. The standard InChI is InChI=1S/C27H26Br2N4O4S/c1-4-36-24-14-20(13-23(29)26(24)37-16-19-8-10-21(28)11-9-19)25(15-32(34)35)38-27-31-30-18(3)33(27)22-7-5-6-17(2)12-22/h5-14,25H,4,15-16H2,1-3H3/t25-/m0/s1. The minimum Gasteiger partial charge on any atom is -0.490 e. The second-order valence-electron chi connectivity index (χ2n) is 8.50. The van der Waals surface area contributed by atoms with Crippen LogP contribution in [-0.2, 0) is 6.61 Å². The number of hydrogen-bond donors (Lipinski definition) is 0. The molecule has 0 aliphatic heterocycles. The van der Waals surface area contributed by atoms with E-state index in [-0.39, 0.29) is 11.5 Å². The van der Waals surface area contributed by atoms with Gasteiger partial charge in [-0.25, -0.2) is 0 Å². The van der Waals surface area contributed by atoms with E-state index in [1.807, 2.05) is 86.0 Å². The van der Waals surface area contributed by atoms with E-state index in [1.54, 1.807) is 0 Å². The van der Waals surface area contributed by atoms with Gasteiger partial charge in [0, 0.05) is 15.1 Å². The molecule has 8 nitrogen and oxygen atoms in total. The number of aryl methyl sites for hydroxylation is 2. The van der Waals surface area contributed by atoms with Crippen LogP contribution in [-0.4, -0.2) is 32.8 Å². The van der Waals surface area contributed by atoms with Gasteiger partial charge in [-0.05, 0) is 89.8 Å². The first-order valence-corrected chi connectivity index (χ1v) is 14.3. The van der Waals surface area contributed by atoms with Crippen molar-refractivity contribution in [2.24, 2.45) is 0 Å². The maximum absolute atomic E-state index is 11.7. The van der Waals surface area contributed by atoms with Crippen LogP contribution < -0.4 is 9.47 Å². The monoisotopic (exact) mass is 660 g/mol. The summed E-state index contributed by atoms with van der Waals surface area (Å²) in [5.74, 6) is 1.76. The molecular formula is C27H26Br2N4O4S. The zero-order valence-corrected chi connectivity index (χ0v) is 25.0. The van der Waals surface area contributed by atoms with E-state index in [9.17, 15) is 10.1 Å². The number of aromatic nitrogens is 3. The second kappa shape index (κ2) is 12.8. The van der Waals surface area contributed by atoms with Crippen LogP contribution in [0.4, 0.5) is 0 Å². The molecule has 0 aliphatic carbocycles. The normalized spacial score (nSPS) is 11.8. The molecule has 0 fully saturated rings. The van der Waals surface area contributed by atoms with Gasteiger partial charge in [-0.1, -0.05) is 52.0 Å². The van der Waals surface area contributed by atoms with E-state index in [0.29, 0.717) is 40.2 Å². The van der Waals surface area contributed by atoms with E-state index < -0.39 is 5.25 Å². The lowest BCUT2D eigenvalue weighted by atomic mass is 10.1. The van der Waals surface area contributed by atoms with Gasteiger partial charge in [0.05, 0.1) is 11.1 Å². The first-order valence-electron chi connectivity index (χ1n) is 11.9. The summed E-state index contributed by atoms with van der Waals surface area (Å²) in [5, 5.41) is 20.3. The SMILES string of the molecule is CCOc1cc([C@H](C[N+](=O)[O-])Sc2nnc(C)n2-c2cccc(C)c2)cc(Br)c1OCc1ccc(Br)cc1. The third kappa shape index (κ3) is 6.95. The van der Waals surface area contributed by atoms with Crippen molar-refractivity contribution >= 4 is 43.6 Å². The maximum Gasteiger partial charge on any atom is 0.220 e. The van der Waals surface area contributed by atoms with Crippen LogP contribution in [0.15, 0.2) is 74.8 Å². The Kier molecular flexibility index (Phi) is 9.45. The summed E-state index contributed by atoms with van der Waals surface area (Å²) in [5.41, 5.74) is 3.72. The summed E-state index contributed by atoms with van der Waals surface area (Å²) in [6.07, 6.45) is 0. The smallest absolute Gasteiger partial charge is 0.220 e. The number of halogens is 2. The molecular weight excluding hydrogens is 636 g/mol. The van der Waals surface area contributed by atoms with Gasteiger partial charge in [0.2, 0.25) is 6.54 Å². The van der Waals surface area contributed by atoms with E-state index >= 15 is 0 Å². The Labute approximate surface area is 242 Å². The average Bonchev–Trinajstić information content (AvgIpc) is 3.23. The van der Waals surface area contributed by atoms with Gasteiger partial charge in [-0.3, -0.25) is 14.7 Å². The van der Waals surface area contributed by atoms with E-state index in [4.69, 9.17) is 9.47 Å². The quantitative estimate of drug-likeness (QED) is 0.0934. The Balaban J connectivity index is 1.67. The zero-order valence-electron chi connectivity index (χ0n) is 21.1. The van der Waals surface area contributed by atoms with Crippen LogP contribution in [0.2, 0.25) is 0 Å². The highest BCUT2D eigenvalue weighted by molar-refractivity contribution is 9.10. The lowest BCUT2D eigenvalue weighted by Gasteiger charge is -2.19. The van der Waals surface area contributed by atoms with E-state index in [0.717, 1.165) is 26.9 Å². The molecule has 0 amide bonds. The van der Waals surface area contributed by atoms with E-state index in [2.05, 4.69) is 42.1 Å². The van der Waals surface area contributed by atoms with Gasteiger partial charge in [0.1, 0.15) is 17.7 Å². The highest BCUT2D eigenvalue weighted by Gasteiger charge is 2.26. The van der Waals surface area contributed by atoms with Gasteiger partial charge < -0.3 is 9.47 Å². The van der Waals surface area contributed by atoms with Crippen LogP contribution in [0.25, 0.3) is 5.69 Å². The molecule has 0 spiro atoms. The highest BCUT2D eigenvalue weighted by atomic mass is 79.9. The number of hydrogen-bond acceptors (Lipinski definition) is 7. The molecule has 1 heterocycles. The molecule has 1 aromatic heterocycles. The molecule has 0 radical (unpaired) electrons. The number of thioether (sulfide) groups is 1. The van der Waals surface area contributed by atoms with Gasteiger partial charge in [-0.15, -0.1) is 10.2 Å². The van der Waals surface area contributed by atoms with Crippen molar-refractivity contribution < 1.29 is 14.4 Å². The summed E-state index contributed by atoms with van der Waals surface area (Å²) >= 11 is 8.35. The van der Waals surface area contributed by atoms with Crippen molar-refractivity contribution in [1.29, 1.82) is 0 Å². The lowest BCUT2D eigenvalue weighted by molar-refractivity contribution is -0.479. The molecule has 0 unspecified atom stereocenters. The second-order valence-corrected chi connectivity index (χ2v) is 11.4. The van der Waals surface area contributed by atoms with Crippen molar-refractivity contribution in [3.05, 3.63) is 102 Å². The minimum absolute atomic E-state index is 0.304. The molecule has 38 heavy (non-hydrogen) atoms. The number of rotatable bonds is 11. The van der Waals surface area contributed by atoms with Gasteiger partial charge in [-0.2, -0.15) is 0 Å². The summed E-state index contributed by atoms with van der Waals surface area (Å²) in [7, 11) is 0. The topological polar surface area (TPSA) is 92.3 Å². The Bertz CT molecular complexity index is 1430. The molecule has 0 saturated carbocycles. The first kappa shape index (κ1) is 28.1. The molecule has 0 aliphatic rings. The summed E-state index contributed by atoms with van der Waals surface area (Å²) < 4.78 is 15.6. The number of nitrogens with zero attached hydrogens (tertiary/aromatic N) is 4. The Morgan fingerprint density at radius 2 is 1.82 bits per heavy atom.